The van der Waals surface area contributed by atoms with Gasteiger partial charge < -0.3 is 14.5 Å². The van der Waals surface area contributed by atoms with Gasteiger partial charge in [-0.3, -0.25) is 4.79 Å². The van der Waals surface area contributed by atoms with Crippen molar-refractivity contribution in [1.29, 1.82) is 0 Å². The van der Waals surface area contributed by atoms with Crippen LogP contribution in [-0.2, 0) is 0 Å². The molecule has 1 aromatic heterocycles. The smallest absolute Gasteiger partial charge is 0.259 e. The van der Waals surface area contributed by atoms with Crippen molar-refractivity contribution in [2.75, 3.05) is 12.4 Å². The summed E-state index contributed by atoms with van der Waals surface area (Å²) in [5, 5.41) is 2.90. The predicted molar refractivity (Wildman–Crippen MR) is 105 cm³/mol. The van der Waals surface area contributed by atoms with E-state index in [-0.39, 0.29) is 5.91 Å². The topological polar surface area (TPSA) is 64.4 Å². The number of carbonyl (C=O) groups is 1. The van der Waals surface area contributed by atoms with Gasteiger partial charge in [-0.1, -0.05) is 30.3 Å². The Morgan fingerprint density at radius 2 is 1.85 bits per heavy atom. The van der Waals surface area contributed by atoms with Gasteiger partial charge in [0.05, 0.1) is 12.7 Å². The minimum atomic E-state index is -0.235. The Morgan fingerprint density at radius 1 is 1.04 bits per heavy atom. The Labute approximate surface area is 156 Å². The number of para-hydroxylation sites is 1. The fourth-order valence-corrected chi connectivity index (χ4v) is 3.01. The number of amides is 1. The van der Waals surface area contributed by atoms with Crippen LogP contribution in [0.15, 0.2) is 71.1 Å². The molecule has 1 heterocycles. The Balaban J connectivity index is 1.63. The second-order valence-electron chi connectivity index (χ2n) is 6.18. The van der Waals surface area contributed by atoms with Gasteiger partial charge in [0, 0.05) is 11.3 Å². The van der Waals surface area contributed by atoms with Crippen molar-refractivity contribution in [2.24, 2.45) is 0 Å². The number of ether oxygens (including phenoxy) is 1. The number of oxazole rings is 1. The number of fused-ring (bicyclic) bond motifs is 1. The second-order valence-corrected chi connectivity index (χ2v) is 6.18. The SMILES string of the molecule is COc1c(C)cccc1C(=O)Nc1ccc2oc(-c3ccccc3)nc2c1. The van der Waals surface area contributed by atoms with Crippen LogP contribution in [0, 0.1) is 6.92 Å². The largest absolute Gasteiger partial charge is 0.496 e. The maximum absolute atomic E-state index is 12.7. The van der Waals surface area contributed by atoms with E-state index >= 15 is 0 Å². The highest BCUT2D eigenvalue weighted by Gasteiger charge is 2.15. The molecule has 0 radical (unpaired) electrons. The molecule has 0 aliphatic rings. The molecular weight excluding hydrogens is 340 g/mol. The summed E-state index contributed by atoms with van der Waals surface area (Å²) in [6, 6.07) is 20.6. The van der Waals surface area contributed by atoms with E-state index in [9.17, 15) is 4.79 Å². The Hall–Kier alpha value is -3.60. The van der Waals surface area contributed by atoms with Crippen LogP contribution in [0.3, 0.4) is 0 Å². The number of aromatic nitrogens is 1. The average molecular weight is 358 g/mol. The van der Waals surface area contributed by atoms with E-state index < -0.39 is 0 Å². The van der Waals surface area contributed by atoms with Crippen LogP contribution in [0.25, 0.3) is 22.6 Å². The molecule has 5 nitrogen and oxygen atoms in total. The van der Waals surface area contributed by atoms with Crippen molar-refractivity contribution in [3.63, 3.8) is 0 Å². The molecule has 3 aromatic carbocycles. The summed E-state index contributed by atoms with van der Waals surface area (Å²) in [5.41, 5.74) is 4.29. The van der Waals surface area contributed by atoms with Gasteiger partial charge in [0.2, 0.25) is 5.89 Å². The number of benzene rings is 3. The molecule has 0 saturated heterocycles. The molecule has 0 aliphatic carbocycles. The van der Waals surface area contributed by atoms with Crippen molar-refractivity contribution in [3.05, 3.63) is 77.9 Å². The number of methoxy groups -OCH3 is 1. The summed E-state index contributed by atoms with van der Waals surface area (Å²) < 4.78 is 11.2. The van der Waals surface area contributed by atoms with Gasteiger partial charge in [0.15, 0.2) is 5.58 Å². The van der Waals surface area contributed by atoms with Gasteiger partial charge in [0.25, 0.3) is 5.91 Å². The third-order valence-electron chi connectivity index (χ3n) is 4.33. The van der Waals surface area contributed by atoms with Gasteiger partial charge in [-0.15, -0.1) is 0 Å². The third-order valence-corrected chi connectivity index (χ3v) is 4.33. The van der Waals surface area contributed by atoms with Crippen LogP contribution < -0.4 is 10.1 Å². The highest BCUT2D eigenvalue weighted by Crippen LogP contribution is 2.27. The molecule has 0 aliphatic heterocycles. The highest BCUT2D eigenvalue weighted by molar-refractivity contribution is 6.07. The first-order valence-electron chi connectivity index (χ1n) is 8.56. The first-order valence-corrected chi connectivity index (χ1v) is 8.56. The van der Waals surface area contributed by atoms with Crippen LogP contribution in [0.4, 0.5) is 5.69 Å². The Bertz CT molecular complexity index is 1120. The minimum absolute atomic E-state index is 0.235. The van der Waals surface area contributed by atoms with Gasteiger partial charge in [-0.2, -0.15) is 0 Å². The molecule has 4 rings (SSSR count). The van der Waals surface area contributed by atoms with E-state index in [0.29, 0.717) is 34.0 Å². The summed E-state index contributed by atoms with van der Waals surface area (Å²) in [6.07, 6.45) is 0. The quantitative estimate of drug-likeness (QED) is 0.553. The lowest BCUT2D eigenvalue weighted by Crippen LogP contribution is -2.13. The van der Waals surface area contributed by atoms with Crippen molar-refractivity contribution in [2.45, 2.75) is 6.92 Å². The van der Waals surface area contributed by atoms with E-state index in [1.54, 1.807) is 31.4 Å². The molecule has 5 heteroatoms. The summed E-state index contributed by atoms with van der Waals surface area (Å²) in [4.78, 5) is 17.2. The zero-order valence-electron chi connectivity index (χ0n) is 15.0. The third kappa shape index (κ3) is 3.27. The normalized spacial score (nSPS) is 10.7. The van der Waals surface area contributed by atoms with Gasteiger partial charge in [-0.05, 0) is 48.9 Å². The van der Waals surface area contributed by atoms with Crippen molar-refractivity contribution >= 4 is 22.7 Å². The van der Waals surface area contributed by atoms with Gasteiger partial charge in [0.1, 0.15) is 11.3 Å². The summed E-state index contributed by atoms with van der Waals surface area (Å²) >= 11 is 0. The monoisotopic (exact) mass is 358 g/mol. The molecule has 1 amide bonds. The first-order chi connectivity index (χ1) is 13.2. The zero-order chi connectivity index (χ0) is 18.8. The molecule has 1 N–H and O–H groups in total. The molecule has 0 bridgehead atoms. The Morgan fingerprint density at radius 3 is 2.63 bits per heavy atom. The maximum Gasteiger partial charge on any atom is 0.259 e. The molecular formula is C22H18N2O3. The standard InChI is InChI=1S/C22H18N2O3/c1-14-7-6-10-17(20(14)26-2)21(25)23-16-11-12-19-18(13-16)24-22(27-19)15-8-4-3-5-9-15/h3-13H,1-2H3,(H,23,25). The van der Waals surface area contributed by atoms with Gasteiger partial charge in [-0.25, -0.2) is 4.98 Å². The summed E-state index contributed by atoms with van der Waals surface area (Å²) in [7, 11) is 1.56. The number of hydrogen-bond acceptors (Lipinski definition) is 4. The van der Waals surface area contributed by atoms with Crippen LogP contribution in [0.5, 0.6) is 5.75 Å². The fourth-order valence-electron chi connectivity index (χ4n) is 3.01. The molecule has 134 valence electrons. The second kappa shape index (κ2) is 6.96. The minimum Gasteiger partial charge on any atom is -0.496 e. The molecule has 0 saturated carbocycles. The molecule has 4 aromatic rings. The van der Waals surface area contributed by atoms with E-state index in [2.05, 4.69) is 10.3 Å². The highest BCUT2D eigenvalue weighted by atomic mass is 16.5. The van der Waals surface area contributed by atoms with Crippen molar-refractivity contribution in [3.8, 4) is 17.2 Å². The van der Waals surface area contributed by atoms with Crippen LogP contribution in [0.2, 0.25) is 0 Å². The van der Waals surface area contributed by atoms with Gasteiger partial charge >= 0.3 is 0 Å². The lowest BCUT2D eigenvalue weighted by molar-refractivity contribution is 0.102. The van der Waals surface area contributed by atoms with E-state index in [4.69, 9.17) is 9.15 Å². The van der Waals surface area contributed by atoms with E-state index in [1.807, 2.05) is 49.4 Å². The summed E-state index contributed by atoms with van der Waals surface area (Å²) in [6.45, 7) is 1.90. The molecule has 0 fully saturated rings. The maximum atomic E-state index is 12.7. The average Bonchev–Trinajstić information content (AvgIpc) is 3.12. The summed E-state index contributed by atoms with van der Waals surface area (Å²) in [5.74, 6) is 0.889. The first kappa shape index (κ1) is 16.8. The zero-order valence-corrected chi connectivity index (χ0v) is 15.0. The number of hydrogen-bond donors (Lipinski definition) is 1. The van der Waals surface area contributed by atoms with Crippen molar-refractivity contribution < 1.29 is 13.9 Å². The molecule has 0 spiro atoms. The lowest BCUT2D eigenvalue weighted by atomic mass is 10.1. The van der Waals surface area contributed by atoms with Crippen LogP contribution >= 0.6 is 0 Å². The fraction of sp³-hybridized carbons (Fsp3) is 0.0909. The number of rotatable bonds is 4. The number of nitrogens with one attached hydrogen (secondary N) is 1. The number of anilines is 1. The number of nitrogens with zero attached hydrogens (tertiary/aromatic N) is 1. The molecule has 0 unspecified atom stereocenters. The van der Waals surface area contributed by atoms with Crippen LogP contribution in [0.1, 0.15) is 15.9 Å². The Kier molecular flexibility index (Phi) is 4.34. The van der Waals surface area contributed by atoms with Crippen molar-refractivity contribution in [1.82, 2.24) is 4.98 Å². The molecule has 0 atom stereocenters. The lowest BCUT2D eigenvalue weighted by Gasteiger charge is -2.11. The number of aryl methyl sites for hydroxylation is 1. The van der Waals surface area contributed by atoms with Crippen LogP contribution in [-0.4, -0.2) is 18.0 Å². The molecule has 27 heavy (non-hydrogen) atoms. The number of carbonyl (C=O) groups excluding carboxylic acids is 1. The van der Waals surface area contributed by atoms with E-state index in [0.717, 1.165) is 11.1 Å². The van der Waals surface area contributed by atoms with E-state index in [1.165, 1.54) is 0 Å². The predicted octanol–water partition coefficient (Wildman–Crippen LogP) is 5.06.